The summed E-state index contributed by atoms with van der Waals surface area (Å²) in [7, 11) is 3.35. The summed E-state index contributed by atoms with van der Waals surface area (Å²) in [6, 6.07) is 2.70. The van der Waals surface area contributed by atoms with Crippen LogP contribution in [0.1, 0.15) is 12.8 Å². The maximum absolute atomic E-state index is 12.3. The van der Waals surface area contributed by atoms with Crippen molar-refractivity contribution in [1.29, 1.82) is 0 Å². The Kier molecular flexibility index (Phi) is 9.98. The first-order chi connectivity index (χ1) is 16.1. The number of aromatic nitrogens is 1. The van der Waals surface area contributed by atoms with Gasteiger partial charge in [-0.2, -0.15) is 34.8 Å². The van der Waals surface area contributed by atoms with Gasteiger partial charge in [0.25, 0.3) is 10.2 Å². The van der Waals surface area contributed by atoms with E-state index in [2.05, 4.69) is 14.5 Å². The summed E-state index contributed by atoms with van der Waals surface area (Å²) in [5.74, 6) is 0. The average Bonchev–Trinajstić information content (AvgIpc) is 3.40. The summed E-state index contributed by atoms with van der Waals surface area (Å²) in [4.78, 5) is 18.2. The van der Waals surface area contributed by atoms with Crippen LogP contribution in [-0.2, 0) is 20.4 Å². The fourth-order valence-electron chi connectivity index (χ4n) is 3.91. The molecule has 35 heavy (non-hydrogen) atoms. The number of pyridine rings is 1. The quantitative estimate of drug-likeness (QED) is 0.411. The smallest absolute Gasteiger partial charge is 0.377 e. The van der Waals surface area contributed by atoms with Crippen LogP contribution in [0.2, 0.25) is 0 Å². The number of likely N-dealkylation sites (N-methyl/N-ethyl adjacent to an activating group) is 4. The second kappa shape index (κ2) is 11.9. The second-order valence-electron chi connectivity index (χ2n) is 9.26. The number of nitrogens with two attached hydrogens (primary N) is 1. The summed E-state index contributed by atoms with van der Waals surface area (Å²) in [6.07, 6.45) is 4.68. The van der Waals surface area contributed by atoms with Crippen molar-refractivity contribution in [2.24, 2.45) is 5.14 Å². The van der Waals surface area contributed by atoms with Crippen LogP contribution >= 0.6 is 0 Å². The van der Waals surface area contributed by atoms with Gasteiger partial charge >= 0.3 is 16.2 Å². The van der Waals surface area contributed by atoms with E-state index in [9.17, 15) is 21.6 Å². The van der Waals surface area contributed by atoms with Gasteiger partial charge in [-0.1, -0.05) is 0 Å². The average molecular weight is 536 g/mol. The van der Waals surface area contributed by atoms with Crippen molar-refractivity contribution in [2.75, 3.05) is 73.4 Å². The molecule has 0 bridgehead atoms. The molecule has 1 aromatic rings. The van der Waals surface area contributed by atoms with E-state index >= 15 is 0 Å². The SMILES string of the molecule is CN1CCC(N(C)S(=O)(=O)NC(=O)[n+]2ccc(N(C)C)cc2)C1.CN1CCC(N(C)S(N)(=O)=O)C1. The molecule has 2 unspecified atom stereocenters. The van der Waals surface area contributed by atoms with Crippen molar-refractivity contribution in [3.05, 3.63) is 24.5 Å². The zero-order valence-electron chi connectivity index (χ0n) is 21.3. The van der Waals surface area contributed by atoms with Crippen LogP contribution in [0.3, 0.4) is 0 Å². The van der Waals surface area contributed by atoms with Gasteiger partial charge in [0, 0.05) is 71.2 Å². The summed E-state index contributed by atoms with van der Waals surface area (Å²) < 4.78 is 52.3. The molecule has 0 spiro atoms. The highest BCUT2D eigenvalue weighted by Crippen LogP contribution is 2.15. The minimum absolute atomic E-state index is 0.0463. The molecular formula is C20H39N8O5S2+. The fraction of sp³-hybridized carbons (Fsp3) is 0.700. The topological polar surface area (TPSA) is 143 Å². The van der Waals surface area contributed by atoms with Crippen LogP contribution in [0, 0.1) is 0 Å². The Morgan fingerprint density at radius 2 is 1.40 bits per heavy atom. The lowest BCUT2D eigenvalue weighted by molar-refractivity contribution is -0.570. The third-order valence-electron chi connectivity index (χ3n) is 6.32. The van der Waals surface area contributed by atoms with Crippen molar-refractivity contribution in [2.45, 2.75) is 24.9 Å². The van der Waals surface area contributed by atoms with Gasteiger partial charge in [0.2, 0.25) is 0 Å². The monoisotopic (exact) mass is 535 g/mol. The van der Waals surface area contributed by atoms with Crippen molar-refractivity contribution >= 4 is 32.1 Å². The van der Waals surface area contributed by atoms with Crippen LogP contribution in [0.4, 0.5) is 10.5 Å². The van der Waals surface area contributed by atoms with Gasteiger partial charge in [-0.15, -0.1) is 4.72 Å². The molecule has 1 aromatic heterocycles. The maximum atomic E-state index is 12.3. The van der Waals surface area contributed by atoms with Crippen molar-refractivity contribution in [3.63, 3.8) is 0 Å². The molecule has 200 valence electrons. The van der Waals surface area contributed by atoms with E-state index in [0.29, 0.717) is 6.54 Å². The van der Waals surface area contributed by atoms with Crippen LogP contribution in [-0.4, -0.2) is 122 Å². The van der Waals surface area contributed by atoms with Gasteiger partial charge in [0.05, 0.1) is 0 Å². The molecule has 2 saturated heterocycles. The molecule has 2 fully saturated rings. The molecule has 0 aromatic carbocycles. The highest BCUT2D eigenvalue weighted by atomic mass is 32.2. The summed E-state index contributed by atoms with van der Waals surface area (Å²) in [5, 5.41) is 4.98. The lowest BCUT2D eigenvalue weighted by atomic mass is 10.3. The van der Waals surface area contributed by atoms with Gasteiger partial charge in [0.15, 0.2) is 0 Å². The maximum Gasteiger partial charge on any atom is 0.512 e. The lowest BCUT2D eigenvalue weighted by Crippen LogP contribution is -2.56. The van der Waals surface area contributed by atoms with Gasteiger partial charge < -0.3 is 14.7 Å². The number of nitrogens with zero attached hydrogens (tertiary/aromatic N) is 6. The molecule has 15 heteroatoms. The molecule has 3 N–H and O–H groups in total. The molecule has 2 aliphatic rings. The van der Waals surface area contributed by atoms with Gasteiger partial charge in [-0.25, -0.2) is 5.14 Å². The zero-order valence-corrected chi connectivity index (χ0v) is 23.0. The summed E-state index contributed by atoms with van der Waals surface area (Å²) in [6.45, 7) is 3.22. The molecule has 1 amide bonds. The number of anilines is 1. The highest BCUT2D eigenvalue weighted by molar-refractivity contribution is 7.87. The first kappa shape index (κ1) is 29.4. The molecule has 3 rings (SSSR count). The number of rotatable bonds is 6. The van der Waals surface area contributed by atoms with Crippen molar-refractivity contribution in [1.82, 2.24) is 23.1 Å². The van der Waals surface area contributed by atoms with Gasteiger partial charge in [-0.05, 0) is 40.0 Å². The summed E-state index contributed by atoms with van der Waals surface area (Å²) >= 11 is 0. The second-order valence-corrected chi connectivity index (χ2v) is 12.6. The first-order valence-electron chi connectivity index (χ1n) is 11.2. The van der Waals surface area contributed by atoms with Gasteiger partial charge in [0.1, 0.15) is 12.4 Å². The number of nitrogens with one attached hydrogen (secondary N) is 1. The molecule has 2 aliphatic heterocycles. The largest absolute Gasteiger partial charge is 0.512 e. The minimum atomic E-state index is -3.87. The normalized spacial score (nSPS) is 21.7. The first-order valence-corrected chi connectivity index (χ1v) is 14.2. The number of amides is 1. The zero-order chi connectivity index (χ0) is 26.6. The van der Waals surface area contributed by atoms with E-state index in [-0.39, 0.29) is 12.1 Å². The minimum Gasteiger partial charge on any atom is -0.377 e. The van der Waals surface area contributed by atoms with E-state index < -0.39 is 26.4 Å². The Balaban J connectivity index is 0.000000303. The Labute approximate surface area is 209 Å². The van der Waals surface area contributed by atoms with Crippen LogP contribution < -0.4 is 19.3 Å². The molecular weight excluding hydrogens is 496 g/mol. The van der Waals surface area contributed by atoms with Gasteiger partial charge in [-0.3, -0.25) is 0 Å². The predicted octanol–water partition coefficient (Wildman–Crippen LogP) is -1.70. The number of hydrogen-bond donors (Lipinski definition) is 2. The van der Waals surface area contributed by atoms with E-state index in [1.165, 1.54) is 39.7 Å². The van der Waals surface area contributed by atoms with Crippen LogP contribution in [0.15, 0.2) is 24.5 Å². The van der Waals surface area contributed by atoms with Crippen molar-refractivity contribution in [3.8, 4) is 0 Å². The van der Waals surface area contributed by atoms with Crippen LogP contribution in [0.5, 0.6) is 0 Å². The van der Waals surface area contributed by atoms with E-state index in [1.54, 1.807) is 12.1 Å². The Hall–Kier alpha value is -1.88. The molecule has 2 atom stereocenters. The molecule has 13 nitrogen and oxygen atoms in total. The number of carbonyl (C=O) groups is 1. The predicted molar refractivity (Wildman–Crippen MR) is 134 cm³/mol. The van der Waals surface area contributed by atoms with E-state index in [0.717, 1.165) is 38.2 Å². The number of likely N-dealkylation sites (tertiary alicyclic amines) is 2. The van der Waals surface area contributed by atoms with E-state index in [1.807, 2.05) is 33.1 Å². The standard InChI is InChI=1S/C14H23N5O3S.C6H15N3O2S/c1-16(2)12-6-9-19(10-7-12)14(20)15-23(21,22)18(4)13-5-8-17(3)11-13;1-8-4-3-6(5-8)9(2)12(7,10)11/h6-7,9-10,13H,5,8,11H2,1-4H3;6H,3-5H2,1-2H3,(H2,7,10,11)/p+1. The van der Waals surface area contributed by atoms with E-state index in [4.69, 9.17) is 5.14 Å². The van der Waals surface area contributed by atoms with Crippen molar-refractivity contribution < 1.29 is 26.2 Å². The number of hydrogen-bond acceptors (Lipinski definition) is 8. The van der Waals surface area contributed by atoms with Crippen LogP contribution in [0.25, 0.3) is 0 Å². The number of carbonyl (C=O) groups excluding carboxylic acids is 1. The third-order valence-corrected chi connectivity index (χ3v) is 8.91. The Bertz CT molecular complexity index is 1070. The highest BCUT2D eigenvalue weighted by Gasteiger charge is 2.35. The Morgan fingerprint density at radius 1 is 0.943 bits per heavy atom. The lowest BCUT2D eigenvalue weighted by Gasteiger charge is -2.20. The third kappa shape index (κ3) is 8.34. The molecule has 0 radical (unpaired) electrons. The molecule has 3 heterocycles. The molecule has 0 aliphatic carbocycles. The molecule has 0 saturated carbocycles. The Morgan fingerprint density at radius 3 is 1.77 bits per heavy atom. The summed E-state index contributed by atoms with van der Waals surface area (Å²) in [5.41, 5.74) is 0.919. The fourth-order valence-corrected chi connectivity index (χ4v) is 5.53.